The van der Waals surface area contributed by atoms with Gasteiger partial charge in [-0.15, -0.1) is 0 Å². The molecule has 1 heterocycles. The highest BCUT2D eigenvalue weighted by Crippen LogP contribution is 2.53. The standard InChI is InChI=1S/C18H14BrCl2N/c19-14-7-2-1-4-13(14)18-12-6-3-5-11(12)17-15(21)8-10(20)9-16(17)22-18/h1-5,7-9,11-12,18,22H,6H2/t11-,12-,18+/m1/s1. The van der Waals surface area contributed by atoms with Crippen LogP contribution in [-0.2, 0) is 0 Å². The third-order valence-electron chi connectivity index (χ3n) is 4.62. The van der Waals surface area contributed by atoms with Crippen LogP contribution in [0.2, 0.25) is 10.0 Å². The minimum Gasteiger partial charge on any atom is -0.378 e. The van der Waals surface area contributed by atoms with Gasteiger partial charge in [-0.3, -0.25) is 0 Å². The van der Waals surface area contributed by atoms with Crippen LogP contribution in [0.25, 0.3) is 0 Å². The van der Waals surface area contributed by atoms with E-state index in [1.807, 2.05) is 18.2 Å². The number of halogens is 3. The maximum Gasteiger partial charge on any atom is 0.0565 e. The fourth-order valence-electron chi connectivity index (χ4n) is 3.68. The van der Waals surface area contributed by atoms with Crippen molar-refractivity contribution in [2.75, 3.05) is 5.32 Å². The molecule has 2 aromatic carbocycles. The summed E-state index contributed by atoms with van der Waals surface area (Å²) in [6.07, 6.45) is 5.61. The third kappa shape index (κ3) is 2.29. The van der Waals surface area contributed by atoms with Gasteiger partial charge in [0.25, 0.3) is 0 Å². The molecule has 1 N–H and O–H groups in total. The van der Waals surface area contributed by atoms with E-state index in [0.29, 0.717) is 16.9 Å². The summed E-state index contributed by atoms with van der Waals surface area (Å²) < 4.78 is 1.13. The first-order chi connectivity index (χ1) is 10.6. The third-order valence-corrected chi connectivity index (χ3v) is 5.87. The van der Waals surface area contributed by atoms with Crippen LogP contribution < -0.4 is 5.32 Å². The summed E-state index contributed by atoms with van der Waals surface area (Å²) in [6, 6.07) is 12.5. The number of allylic oxidation sites excluding steroid dienone is 2. The summed E-state index contributed by atoms with van der Waals surface area (Å²) in [4.78, 5) is 0. The summed E-state index contributed by atoms with van der Waals surface area (Å²) in [5, 5.41) is 5.09. The molecule has 1 aliphatic heterocycles. The van der Waals surface area contributed by atoms with Gasteiger partial charge in [0.15, 0.2) is 0 Å². The lowest BCUT2D eigenvalue weighted by Crippen LogP contribution is -2.29. The van der Waals surface area contributed by atoms with Crippen LogP contribution in [-0.4, -0.2) is 0 Å². The zero-order chi connectivity index (χ0) is 15.3. The Morgan fingerprint density at radius 2 is 1.95 bits per heavy atom. The predicted molar refractivity (Wildman–Crippen MR) is 97.0 cm³/mol. The molecule has 0 saturated carbocycles. The van der Waals surface area contributed by atoms with Crippen molar-refractivity contribution in [3.05, 3.63) is 74.2 Å². The average molecular weight is 395 g/mol. The Morgan fingerprint density at radius 3 is 2.77 bits per heavy atom. The Balaban J connectivity index is 1.86. The molecule has 22 heavy (non-hydrogen) atoms. The summed E-state index contributed by atoms with van der Waals surface area (Å²) in [6.45, 7) is 0. The maximum absolute atomic E-state index is 6.47. The number of nitrogens with one attached hydrogen (secondary N) is 1. The number of hydrogen-bond donors (Lipinski definition) is 1. The first kappa shape index (κ1) is 14.6. The summed E-state index contributed by atoms with van der Waals surface area (Å²) in [5.41, 5.74) is 3.50. The fraction of sp³-hybridized carbons (Fsp3) is 0.222. The molecule has 4 rings (SSSR count). The molecule has 0 bridgehead atoms. The van der Waals surface area contributed by atoms with Gasteiger partial charge in [-0.2, -0.15) is 0 Å². The van der Waals surface area contributed by atoms with E-state index in [1.165, 1.54) is 11.1 Å². The van der Waals surface area contributed by atoms with Gasteiger partial charge >= 0.3 is 0 Å². The van der Waals surface area contributed by atoms with E-state index in [9.17, 15) is 0 Å². The first-order valence-electron chi connectivity index (χ1n) is 7.31. The van der Waals surface area contributed by atoms with Gasteiger partial charge in [0.2, 0.25) is 0 Å². The van der Waals surface area contributed by atoms with E-state index in [-0.39, 0.29) is 6.04 Å². The summed E-state index contributed by atoms with van der Waals surface area (Å²) in [5.74, 6) is 0.822. The zero-order valence-electron chi connectivity index (χ0n) is 11.7. The average Bonchev–Trinajstić information content (AvgIpc) is 2.95. The van der Waals surface area contributed by atoms with Crippen molar-refractivity contribution in [1.29, 1.82) is 0 Å². The second-order valence-electron chi connectivity index (χ2n) is 5.85. The van der Waals surface area contributed by atoms with Crippen LogP contribution in [0.15, 0.2) is 53.0 Å². The van der Waals surface area contributed by atoms with E-state index < -0.39 is 0 Å². The van der Waals surface area contributed by atoms with Crippen molar-refractivity contribution in [3.63, 3.8) is 0 Å². The van der Waals surface area contributed by atoms with Crippen LogP contribution in [0.1, 0.15) is 29.5 Å². The molecule has 0 fully saturated rings. The first-order valence-corrected chi connectivity index (χ1v) is 8.86. The molecular formula is C18H14BrCl2N. The van der Waals surface area contributed by atoms with Gasteiger partial charge in [-0.1, -0.05) is 69.5 Å². The normalized spacial score (nSPS) is 25.5. The maximum atomic E-state index is 6.47. The number of anilines is 1. The highest BCUT2D eigenvalue weighted by molar-refractivity contribution is 9.10. The van der Waals surface area contributed by atoms with Crippen LogP contribution in [0.4, 0.5) is 5.69 Å². The highest BCUT2D eigenvalue weighted by atomic mass is 79.9. The Morgan fingerprint density at radius 1 is 1.14 bits per heavy atom. The lowest BCUT2D eigenvalue weighted by molar-refractivity contribution is 0.425. The second kappa shape index (κ2) is 5.59. The molecule has 1 nitrogen and oxygen atoms in total. The van der Waals surface area contributed by atoms with Crippen molar-refractivity contribution in [3.8, 4) is 0 Å². The molecule has 0 radical (unpaired) electrons. The number of rotatable bonds is 1. The molecule has 0 saturated heterocycles. The summed E-state index contributed by atoms with van der Waals surface area (Å²) in [7, 11) is 0. The van der Waals surface area contributed by atoms with Crippen molar-refractivity contribution in [2.45, 2.75) is 18.4 Å². The molecule has 0 spiro atoms. The van der Waals surface area contributed by atoms with Gasteiger partial charge in [0, 0.05) is 31.7 Å². The van der Waals surface area contributed by atoms with Crippen molar-refractivity contribution >= 4 is 44.8 Å². The molecule has 0 aromatic heterocycles. The van der Waals surface area contributed by atoms with E-state index in [2.05, 4.69) is 51.6 Å². The number of hydrogen-bond acceptors (Lipinski definition) is 1. The minimum absolute atomic E-state index is 0.248. The van der Waals surface area contributed by atoms with Gasteiger partial charge in [0.05, 0.1) is 6.04 Å². The second-order valence-corrected chi connectivity index (χ2v) is 7.54. The number of fused-ring (bicyclic) bond motifs is 3. The SMILES string of the molecule is Clc1cc(Cl)c2c(c1)N[C@H](c1ccccc1Br)[C@@H]1CC=C[C@@H]21. The minimum atomic E-state index is 0.248. The monoisotopic (exact) mass is 393 g/mol. The molecule has 2 aliphatic rings. The van der Waals surface area contributed by atoms with E-state index in [4.69, 9.17) is 23.2 Å². The van der Waals surface area contributed by atoms with Crippen molar-refractivity contribution in [2.24, 2.45) is 5.92 Å². The predicted octanol–water partition coefficient (Wildman–Crippen LogP) is 6.58. The topological polar surface area (TPSA) is 12.0 Å². The lowest BCUT2D eigenvalue weighted by atomic mass is 9.77. The van der Waals surface area contributed by atoms with E-state index >= 15 is 0 Å². The number of benzene rings is 2. The molecule has 0 unspecified atom stereocenters. The highest BCUT2D eigenvalue weighted by Gasteiger charge is 2.39. The molecule has 112 valence electrons. The molecule has 3 atom stereocenters. The van der Waals surface area contributed by atoms with Crippen LogP contribution in [0.3, 0.4) is 0 Å². The fourth-order valence-corrected chi connectivity index (χ4v) is 4.83. The lowest BCUT2D eigenvalue weighted by Gasteiger charge is -2.38. The van der Waals surface area contributed by atoms with Crippen molar-refractivity contribution < 1.29 is 0 Å². The Hall–Kier alpha value is -0.960. The molecule has 4 heteroatoms. The van der Waals surface area contributed by atoms with Crippen LogP contribution in [0, 0.1) is 5.92 Å². The van der Waals surface area contributed by atoms with E-state index in [0.717, 1.165) is 21.6 Å². The largest absolute Gasteiger partial charge is 0.378 e. The van der Waals surface area contributed by atoms with Crippen LogP contribution >= 0.6 is 39.1 Å². The zero-order valence-corrected chi connectivity index (χ0v) is 14.8. The molecule has 0 amide bonds. The Kier molecular flexibility index (Phi) is 3.72. The van der Waals surface area contributed by atoms with Gasteiger partial charge in [-0.05, 0) is 36.1 Å². The summed E-state index contributed by atoms with van der Waals surface area (Å²) >= 11 is 16.4. The van der Waals surface area contributed by atoms with Gasteiger partial charge in [0.1, 0.15) is 0 Å². The quantitative estimate of drug-likeness (QED) is 0.538. The van der Waals surface area contributed by atoms with E-state index in [1.54, 1.807) is 0 Å². The van der Waals surface area contributed by atoms with Crippen LogP contribution in [0.5, 0.6) is 0 Å². The van der Waals surface area contributed by atoms with Crippen molar-refractivity contribution in [1.82, 2.24) is 0 Å². The Labute approximate surface area is 148 Å². The Bertz CT molecular complexity index is 772. The molecule has 1 aliphatic carbocycles. The van der Waals surface area contributed by atoms with Gasteiger partial charge < -0.3 is 5.32 Å². The van der Waals surface area contributed by atoms with Gasteiger partial charge in [-0.25, -0.2) is 0 Å². The molecule has 2 aromatic rings. The smallest absolute Gasteiger partial charge is 0.0565 e. The molecular weight excluding hydrogens is 381 g/mol.